The summed E-state index contributed by atoms with van der Waals surface area (Å²) in [5.41, 5.74) is -0.518. The summed E-state index contributed by atoms with van der Waals surface area (Å²) >= 11 is 0.981. The number of nitrogens with one attached hydrogen (secondary N) is 1. The van der Waals surface area contributed by atoms with Crippen molar-refractivity contribution in [2.24, 2.45) is 0 Å². The molecule has 182 valence electrons. The summed E-state index contributed by atoms with van der Waals surface area (Å²) in [6.45, 7) is 1.85. The molecule has 0 radical (unpaired) electrons. The standard InChI is InChI=1S/C22H23F3N4O4S/c23-22(24,25)18-12-15(14-4-5-16-17(11-14)33-13-32-16)27-21(28-18)34-10-6-19(30)26-7-2-9-29-8-1-3-20(29)31/h4-5,11-12H,1-3,6-10,13H2,(H,26,30). The van der Waals surface area contributed by atoms with Gasteiger partial charge in [0, 0.05) is 43.8 Å². The molecule has 1 fully saturated rings. The van der Waals surface area contributed by atoms with Crippen LogP contribution in [0.25, 0.3) is 11.3 Å². The highest BCUT2D eigenvalue weighted by Crippen LogP contribution is 2.37. The molecule has 0 aliphatic carbocycles. The molecule has 2 amide bonds. The van der Waals surface area contributed by atoms with Crippen molar-refractivity contribution in [1.29, 1.82) is 0 Å². The van der Waals surface area contributed by atoms with Crippen LogP contribution in [0.3, 0.4) is 0 Å². The van der Waals surface area contributed by atoms with Crippen LogP contribution in [-0.4, -0.2) is 58.9 Å². The number of carbonyl (C=O) groups is 2. The number of carbonyl (C=O) groups excluding carboxylic acids is 2. The lowest BCUT2D eigenvalue weighted by atomic mass is 10.1. The lowest BCUT2D eigenvalue weighted by Gasteiger charge is -2.15. The lowest BCUT2D eigenvalue weighted by molar-refractivity contribution is -0.141. The van der Waals surface area contributed by atoms with E-state index in [0.29, 0.717) is 43.0 Å². The van der Waals surface area contributed by atoms with E-state index in [-0.39, 0.29) is 41.6 Å². The van der Waals surface area contributed by atoms with Gasteiger partial charge >= 0.3 is 6.18 Å². The number of fused-ring (bicyclic) bond motifs is 1. The predicted molar refractivity (Wildman–Crippen MR) is 117 cm³/mol. The van der Waals surface area contributed by atoms with Gasteiger partial charge in [0.25, 0.3) is 0 Å². The van der Waals surface area contributed by atoms with Gasteiger partial charge in [0.1, 0.15) is 5.69 Å². The number of nitrogens with zero attached hydrogens (tertiary/aromatic N) is 3. The van der Waals surface area contributed by atoms with E-state index in [2.05, 4.69) is 15.3 Å². The number of alkyl halides is 3. The zero-order valence-corrected chi connectivity index (χ0v) is 19.0. The number of rotatable bonds is 9. The summed E-state index contributed by atoms with van der Waals surface area (Å²) in [5.74, 6) is 1.09. The highest BCUT2D eigenvalue weighted by atomic mass is 32.2. The van der Waals surface area contributed by atoms with Crippen LogP contribution in [0.4, 0.5) is 13.2 Å². The predicted octanol–water partition coefficient (Wildman–Crippen LogP) is 3.50. The minimum atomic E-state index is -4.64. The third kappa shape index (κ3) is 6.10. The number of benzene rings is 1. The zero-order chi connectivity index (χ0) is 24.1. The number of hydrogen-bond donors (Lipinski definition) is 1. The first-order valence-corrected chi connectivity index (χ1v) is 11.8. The van der Waals surface area contributed by atoms with E-state index in [1.165, 1.54) is 0 Å². The SMILES string of the molecule is O=C(CCSc1nc(-c2ccc3c(c2)OCO3)cc(C(F)(F)F)n1)NCCCN1CCCC1=O. The second-order valence-electron chi connectivity index (χ2n) is 7.77. The highest BCUT2D eigenvalue weighted by molar-refractivity contribution is 7.99. The second kappa shape index (κ2) is 10.5. The molecule has 2 aliphatic heterocycles. The molecule has 3 heterocycles. The van der Waals surface area contributed by atoms with Crippen LogP contribution >= 0.6 is 11.8 Å². The largest absolute Gasteiger partial charge is 0.454 e. The summed E-state index contributed by atoms with van der Waals surface area (Å²) in [6, 6.07) is 5.68. The number of ether oxygens (including phenoxy) is 2. The maximum atomic E-state index is 13.4. The third-order valence-electron chi connectivity index (χ3n) is 5.32. The van der Waals surface area contributed by atoms with E-state index >= 15 is 0 Å². The van der Waals surface area contributed by atoms with Crippen molar-refractivity contribution in [3.8, 4) is 22.8 Å². The van der Waals surface area contributed by atoms with E-state index in [0.717, 1.165) is 30.8 Å². The number of amides is 2. The van der Waals surface area contributed by atoms with Crippen LogP contribution in [-0.2, 0) is 15.8 Å². The van der Waals surface area contributed by atoms with Crippen molar-refractivity contribution in [1.82, 2.24) is 20.2 Å². The van der Waals surface area contributed by atoms with Gasteiger partial charge in [-0.15, -0.1) is 0 Å². The Morgan fingerprint density at radius 2 is 2.00 bits per heavy atom. The topological polar surface area (TPSA) is 93.7 Å². The normalized spacial score (nSPS) is 15.1. The van der Waals surface area contributed by atoms with Crippen LogP contribution in [0.1, 0.15) is 31.4 Å². The van der Waals surface area contributed by atoms with E-state index < -0.39 is 11.9 Å². The molecular weight excluding hydrogens is 473 g/mol. The van der Waals surface area contributed by atoms with E-state index in [1.807, 2.05) is 0 Å². The van der Waals surface area contributed by atoms with Gasteiger partial charge in [-0.25, -0.2) is 9.97 Å². The van der Waals surface area contributed by atoms with Crippen molar-refractivity contribution >= 4 is 23.6 Å². The summed E-state index contributed by atoms with van der Waals surface area (Å²) in [7, 11) is 0. The third-order valence-corrected chi connectivity index (χ3v) is 6.17. The van der Waals surface area contributed by atoms with Crippen LogP contribution in [0, 0.1) is 0 Å². The van der Waals surface area contributed by atoms with Crippen molar-refractivity contribution in [3.63, 3.8) is 0 Å². The monoisotopic (exact) mass is 496 g/mol. The summed E-state index contributed by atoms with van der Waals surface area (Å²) in [4.78, 5) is 33.3. The number of thioether (sulfide) groups is 1. The van der Waals surface area contributed by atoms with Gasteiger partial charge in [0.15, 0.2) is 16.7 Å². The van der Waals surface area contributed by atoms with Crippen LogP contribution in [0.5, 0.6) is 11.5 Å². The average molecular weight is 497 g/mol. The Hall–Kier alpha value is -3.02. The Morgan fingerprint density at radius 3 is 2.76 bits per heavy atom. The van der Waals surface area contributed by atoms with Gasteiger partial charge in [-0.2, -0.15) is 13.2 Å². The smallest absolute Gasteiger partial charge is 0.433 e. The summed E-state index contributed by atoms with van der Waals surface area (Å²) < 4.78 is 50.8. The zero-order valence-electron chi connectivity index (χ0n) is 18.2. The molecule has 8 nitrogen and oxygen atoms in total. The minimum Gasteiger partial charge on any atom is -0.454 e. The molecule has 0 saturated carbocycles. The van der Waals surface area contributed by atoms with E-state index in [9.17, 15) is 22.8 Å². The lowest BCUT2D eigenvalue weighted by Crippen LogP contribution is -2.30. The number of likely N-dealkylation sites (tertiary alicyclic amines) is 1. The fourth-order valence-corrected chi connectivity index (χ4v) is 4.40. The van der Waals surface area contributed by atoms with Gasteiger partial charge < -0.3 is 19.7 Å². The molecule has 1 aromatic heterocycles. The molecule has 0 atom stereocenters. The fourth-order valence-electron chi connectivity index (χ4n) is 3.60. The second-order valence-corrected chi connectivity index (χ2v) is 8.84. The summed E-state index contributed by atoms with van der Waals surface area (Å²) in [6.07, 6.45) is -2.43. The van der Waals surface area contributed by atoms with Crippen molar-refractivity contribution in [3.05, 3.63) is 30.0 Å². The Labute approximate surface area is 198 Å². The minimum absolute atomic E-state index is 0.0515. The van der Waals surface area contributed by atoms with Gasteiger partial charge in [-0.3, -0.25) is 9.59 Å². The average Bonchev–Trinajstić information content (AvgIpc) is 3.44. The first-order chi connectivity index (χ1) is 16.3. The molecule has 0 bridgehead atoms. The number of hydrogen-bond acceptors (Lipinski definition) is 7. The summed E-state index contributed by atoms with van der Waals surface area (Å²) in [5, 5.41) is 2.70. The Bertz CT molecular complexity index is 1070. The molecule has 2 aliphatic rings. The van der Waals surface area contributed by atoms with E-state index in [4.69, 9.17) is 9.47 Å². The quantitative estimate of drug-likeness (QED) is 0.323. The molecule has 0 unspecified atom stereocenters. The molecule has 2 aromatic rings. The molecule has 0 spiro atoms. The van der Waals surface area contributed by atoms with E-state index in [1.54, 1.807) is 23.1 Å². The maximum Gasteiger partial charge on any atom is 0.433 e. The van der Waals surface area contributed by atoms with Crippen LogP contribution in [0.2, 0.25) is 0 Å². The molecule has 4 rings (SSSR count). The molecule has 1 aromatic carbocycles. The number of aromatic nitrogens is 2. The van der Waals surface area contributed by atoms with Gasteiger partial charge in [0.05, 0.1) is 5.69 Å². The van der Waals surface area contributed by atoms with Gasteiger partial charge in [-0.1, -0.05) is 11.8 Å². The number of halogens is 3. The molecular formula is C22H23F3N4O4S. The first kappa shape index (κ1) is 24.1. The Kier molecular flexibility index (Phi) is 7.44. The first-order valence-electron chi connectivity index (χ1n) is 10.8. The van der Waals surface area contributed by atoms with Crippen LogP contribution < -0.4 is 14.8 Å². The molecule has 1 saturated heterocycles. The fraction of sp³-hybridized carbons (Fsp3) is 0.455. The Balaban J connectivity index is 1.32. The molecule has 12 heteroatoms. The maximum absolute atomic E-state index is 13.4. The highest BCUT2D eigenvalue weighted by Gasteiger charge is 2.34. The Morgan fingerprint density at radius 1 is 1.18 bits per heavy atom. The van der Waals surface area contributed by atoms with Crippen molar-refractivity contribution in [2.45, 2.75) is 37.0 Å². The van der Waals surface area contributed by atoms with Gasteiger partial charge in [-0.05, 0) is 37.1 Å². The van der Waals surface area contributed by atoms with Crippen LogP contribution in [0.15, 0.2) is 29.4 Å². The van der Waals surface area contributed by atoms with Crippen molar-refractivity contribution < 1.29 is 32.2 Å². The van der Waals surface area contributed by atoms with Gasteiger partial charge in [0.2, 0.25) is 18.6 Å². The van der Waals surface area contributed by atoms with Crippen molar-refractivity contribution in [2.75, 3.05) is 32.2 Å². The molecule has 1 N–H and O–H groups in total. The molecule has 34 heavy (non-hydrogen) atoms.